The minimum atomic E-state index is -0.823. The first-order valence-corrected chi connectivity index (χ1v) is 8.46. The number of halogens is 1. The summed E-state index contributed by atoms with van der Waals surface area (Å²) < 4.78 is 14.6. The molecule has 1 unspecified atom stereocenters. The number of carboxylic acid groups (broad SMARTS) is 1. The zero-order valence-electron chi connectivity index (χ0n) is 14.4. The average Bonchev–Trinajstić information content (AvgIpc) is 3.06. The highest BCUT2D eigenvalue weighted by molar-refractivity contribution is 5.81. The molecule has 1 N–H and O–H groups in total. The van der Waals surface area contributed by atoms with E-state index in [-0.39, 0.29) is 11.7 Å². The maximum absolute atomic E-state index is 13.2. The van der Waals surface area contributed by atoms with E-state index >= 15 is 0 Å². The number of carbonyl (C=O) groups is 2. The summed E-state index contributed by atoms with van der Waals surface area (Å²) in [5.41, 5.74) is 0.792. The van der Waals surface area contributed by atoms with Crippen molar-refractivity contribution in [3.8, 4) is 0 Å². The Morgan fingerprint density at radius 2 is 1.92 bits per heavy atom. The molecule has 0 spiro atoms. The van der Waals surface area contributed by atoms with Crippen molar-refractivity contribution < 1.29 is 19.1 Å². The number of nitrogens with zero attached hydrogens (tertiary/aromatic N) is 5. The Bertz CT molecular complexity index is 784. The first-order valence-electron chi connectivity index (χ1n) is 8.46. The van der Waals surface area contributed by atoms with E-state index in [1.807, 2.05) is 0 Å². The van der Waals surface area contributed by atoms with Gasteiger partial charge in [0, 0.05) is 19.5 Å². The first kappa shape index (κ1) is 18.0. The molecule has 26 heavy (non-hydrogen) atoms. The highest BCUT2D eigenvalue weighted by atomic mass is 19.1. The van der Waals surface area contributed by atoms with Gasteiger partial charge in [-0.05, 0) is 47.9 Å². The molecule has 1 aromatic carbocycles. The number of aromatic nitrogens is 4. The van der Waals surface area contributed by atoms with Crippen LogP contribution in [0.2, 0.25) is 0 Å². The molecule has 0 radical (unpaired) electrons. The molecule has 2 aromatic rings. The molecule has 1 aliphatic heterocycles. The Morgan fingerprint density at radius 1 is 1.27 bits per heavy atom. The fourth-order valence-electron chi connectivity index (χ4n) is 3.21. The molecule has 9 heteroatoms. The molecule has 2 heterocycles. The Morgan fingerprint density at radius 3 is 2.46 bits per heavy atom. The van der Waals surface area contributed by atoms with Crippen LogP contribution in [0.4, 0.5) is 4.39 Å². The van der Waals surface area contributed by atoms with Gasteiger partial charge in [-0.25, -0.2) is 9.07 Å². The van der Waals surface area contributed by atoms with Gasteiger partial charge < -0.3 is 10.0 Å². The third-order valence-electron chi connectivity index (χ3n) is 4.74. The minimum absolute atomic E-state index is 0.159. The lowest BCUT2D eigenvalue weighted by Gasteiger charge is -2.33. The van der Waals surface area contributed by atoms with Crippen LogP contribution in [0.5, 0.6) is 0 Å². The highest BCUT2D eigenvalue weighted by Gasteiger charge is 2.33. The first-order chi connectivity index (χ1) is 12.5. The van der Waals surface area contributed by atoms with Crippen molar-refractivity contribution >= 4 is 11.9 Å². The summed E-state index contributed by atoms with van der Waals surface area (Å²) in [6, 6.07) is 5.30. The van der Waals surface area contributed by atoms with Crippen LogP contribution in [-0.4, -0.2) is 55.2 Å². The number of hydrogen-bond acceptors (Lipinski definition) is 5. The fourth-order valence-corrected chi connectivity index (χ4v) is 3.21. The van der Waals surface area contributed by atoms with E-state index in [9.17, 15) is 14.0 Å². The van der Waals surface area contributed by atoms with Crippen molar-refractivity contribution in [2.45, 2.75) is 32.2 Å². The van der Waals surface area contributed by atoms with Gasteiger partial charge in [0.05, 0.1) is 5.92 Å². The Kier molecular flexibility index (Phi) is 5.24. The van der Waals surface area contributed by atoms with Gasteiger partial charge in [-0.1, -0.05) is 12.1 Å². The molecule has 1 saturated heterocycles. The van der Waals surface area contributed by atoms with Crippen LogP contribution in [0.15, 0.2) is 24.3 Å². The van der Waals surface area contributed by atoms with Crippen molar-refractivity contribution in [3.05, 3.63) is 41.5 Å². The molecule has 8 nitrogen and oxygen atoms in total. The lowest BCUT2D eigenvalue weighted by atomic mass is 9.96. The summed E-state index contributed by atoms with van der Waals surface area (Å²) in [5, 5.41) is 20.5. The molecule has 1 fully saturated rings. The van der Waals surface area contributed by atoms with Crippen LogP contribution in [0.3, 0.4) is 0 Å². The monoisotopic (exact) mass is 361 g/mol. The standard InChI is InChI=1S/C17H20FN5O3/c1-11-19-20-21-23(11)15(10-12-2-4-14(18)5-3-12)16(24)22-8-6-13(7-9-22)17(25)26/h2-5,13,15H,6-10H2,1H3,(H,25,26). The van der Waals surface area contributed by atoms with E-state index in [4.69, 9.17) is 5.11 Å². The number of aliphatic carboxylic acids is 1. The van der Waals surface area contributed by atoms with Gasteiger partial charge in [0.2, 0.25) is 5.91 Å². The van der Waals surface area contributed by atoms with Crippen LogP contribution < -0.4 is 0 Å². The Labute approximate surface area is 149 Å². The van der Waals surface area contributed by atoms with E-state index in [1.54, 1.807) is 24.0 Å². The molecule has 1 amide bonds. The SMILES string of the molecule is Cc1nnnn1C(Cc1ccc(F)cc1)C(=O)N1CCC(C(=O)O)CC1. The Balaban J connectivity index is 1.79. The number of amides is 1. The normalized spacial score (nSPS) is 16.5. The molecule has 0 saturated carbocycles. The van der Waals surface area contributed by atoms with Crippen LogP contribution in [0.1, 0.15) is 30.3 Å². The van der Waals surface area contributed by atoms with Gasteiger partial charge in [-0.2, -0.15) is 0 Å². The number of benzene rings is 1. The second-order valence-corrected chi connectivity index (χ2v) is 6.45. The van der Waals surface area contributed by atoms with E-state index < -0.39 is 17.9 Å². The number of hydrogen-bond donors (Lipinski definition) is 1. The molecular weight excluding hydrogens is 341 g/mol. The summed E-state index contributed by atoms with van der Waals surface area (Å²) in [6.07, 6.45) is 1.18. The lowest BCUT2D eigenvalue weighted by molar-refractivity contribution is -0.146. The van der Waals surface area contributed by atoms with Gasteiger partial charge in [0.15, 0.2) is 0 Å². The zero-order valence-corrected chi connectivity index (χ0v) is 14.4. The summed E-state index contributed by atoms with van der Waals surface area (Å²) in [4.78, 5) is 25.8. The van der Waals surface area contributed by atoms with Gasteiger partial charge >= 0.3 is 5.97 Å². The fraction of sp³-hybridized carbons (Fsp3) is 0.471. The van der Waals surface area contributed by atoms with E-state index in [1.165, 1.54) is 16.8 Å². The maximum atomic E-state index is 13.2. The second-order valence-electron chi connectivity index (χ2n) is 6.45. The predicted octanol–water partition coefficient (Wildman–Crippen LogP) is 1.23. The molecule has 1 atom stereocenters. The summed E-state index contributed by atoms with van der Waals surface area (Å²) in [7, 11) is 0. The van der Waals surface area contributed by atoms with Crippen molar-refractivity contribution in [1.29, 1.82) is 0 Å². The van der Waals surface area contributed by atoms with Gasteiger partial charge in [-0.15, -0.1) is 5.10 Å². The van der Waals surface area contributed by atoms with Gasteiger partial charge in [0.1, 0.15) is 17.7 Å². The summed E-state index contributed by atoms with van der Waals surface area (Å²) in [5.74, 6) is -1.23. The smallest absolute Gasteiger partial charge is 0.306 e. The number of tetrazole rings is 1. The van der Waals surface area contributed by atoms with E-state index in [2.05, 4.69) is 15.5 Å². The molecular formula is C17H20FN5O3. The molecule has 0 aliphatic carbocycles. The second kappa shape index (κ2) is 7.59. The topological polar surface area (TPSA) is 101 Å². The largest absolute Gasteiger partial charge is 0.481 e. The van der Waals surface area contributed by atoms with Crippen molar-refractivity contribution in [3.63, 3.8) is 0 Å². The van der Waals surface area contributed by atoms with Gasteiger partial charge in [-0.3, -0.25) is 9.59 Å². The number of rotatable bonds is 5. The lowest BCUT2D eigenvalue weighted by Crippen LogP contribution is -2.44. The van der Waals surface area contributed by atoms with E-state index in [0.29, 0.717) is 38.2 Å². The third-order valence-corrected chi connectivity index (χ3v) is 4.74. The minimum Gasteiger partial charge on any atom is -0.481 e. The van der Waals surface area contributed by atoms with Crippen molar-refractivity contribution in [1.82, 2.24) is 25.1 Å². The number of likely N-dealkylation sites (tertiary alicyclic amines) is 1. The maximum Gasteiger partial charge on any atom is 0.306 e. The number of piperidine rings is 1. The molecule has 1 aliphatic rings. The number of aryl methyl sites for hydroxylation is 1. The summed E-state index contributed by atoms with van der Waals surface area (Å²) >= 11 is 0. The van der Waals surface area contributed by atoms with Crippen LogP contribution in [0.25, 0.3) is 0 Å². The zero-order chi connectivity index (χ0) is 18.7. The van der Waals surface area contributed by atoms with Crippen LogP contribution in [0, 0.1) is 18.7 Å². The van der Waals surface area contributed by atoms with Crippen LogP contribution in [-0.2, 0) is 16.0 Å². The van der Waals surface area contributed by atoms with Gasteiger partial charge in [0.25, 0.3) is 0 Å². The van der Waals surface area contributed by atoms with Crippen molar-refractivity contribution in [2.75, 3.05) is 13.1 Å². The van der Waals surface area contributed by atoms with Crippen molar-refractivity contribution in [2.24, 2.45) is 5.92 Å². The molecule has 138 valence electrons. The highest BCUT2D eigenvalue weighted by Crippen LogP contribution is 2.23. The third kappa shape index (κ3) is 3.87. The Hall–Kier alpha value is -2.84. The number of carboxylic acids is 1. The molecule has 3 rings (SSSR count). The quantitative estimate of drug-likeness (QED) is 0.859. The molecule has 0 bridgehead atoms. The number of carbonyl (C=O) groups excluding carboxylic acids is 1. The summed E-state index contributed by atoms with van der Waals surface area (Å²) in [6.45, 7) is 2.48. The predicted molar refractivity (Wildman–Crippen MR) is 88.6 cm³/mol. The van der Waals surface area contributed by atoms with Crippen LogP contribution >= 0.6 is 0 Å². The van der Waals surface area contributed by atoms with E-state index in [0.717, 1.165) is 5.56 Å². The average molecular weight is 361 g/mol. The molecule has 1 aromatic heterocycles.